The fourth-order valence-corrected chi connectivity index (χ4v) is 2.26. The summed E-state index contributed by atoms with van der Waals surface area (Å²) in [5, 5.41) is 13.0. The van der Waals surface area contributed by atoms with E-state index in [2.05, 4.69) is 16.2 Å². The van der Waals surface area contributed by atoms with Gasteiger partial charge in [-0.05, 0) is 48.5 Å². The number of ether oxygens (including phenoxy) is 1. The SMILES string of the molecule is CC(C)COc1cccc(C(=O)NC(=S)NNC(=O)c2ccc([N+](=O)[O-])cc2)c1. The van der Waals surface area contributed by atoms with E-state index in [0.717, 1.165) is 0 Å². The summed E-state index contributed by atoms with van der Waals surface area (Å²) in [7, 11) is 0. The lowest BCUT2D eigenvalue weighted by atomic mass is 10.2. The second kappa shape index (κ2) is 10.1. The number of rotatable bonds is 6. The molecule has 0 atom stereocenters. The number of hydrogen-bond acceptors (Lipinski definition) is 6. The maximum atomic E-state index is 12.3. The zero-order valence-electron chi connectivity index (χ0n) is 15.8. The number of nitro groups is 1. The van der Waals surface area contributed by atoms with E-state index in [4.69, 9.17) is 17.0 Å². The zero-order chi connectivity index (χ0) is 21.4. The Morgan fingerprint density at radius 3 is 2.38 bits per heavy atom. The van der Waals surface area contributed by atoms with Crippen LogP contribution in [-0.2, 0) is 0 Å². The van der Waals surface area contributed by atoms with Crippen molar-refractivity contribution in [2.24, 2.45) is 5.92 Å². The van der Waals surface area contributed by atoms with Crippen LogP contribution in [0.1, 0.15) is 34.6 Å². The minimum Gasteiger partial charge on any atom is -0.493 e. The van der Waals surface area contributed by atoms with Gasteiger partial charge in [-0.3, -0.25) is 35.9 Å². The molecule has 152 valence electrons. The quantitative estimate of drug-likeness (QED) is 0.376. The molecule has 0 saturated carbocycles. The summed E-state index contributed by atoms with van der Waals surface area (Å²) in [5.74, 6) is -0.122. The van der Waals surface area contributed by atoms with E-state index in [9.17, 15) is 19.7 Å². The normalized spacial score (nSPS) is 10.2. The standard InChI is InChI=1S/C19H20N4O5S/c1-12(2)11-28-16-5-3-4-14(10-16)17(24)20-19(29)22-21-18(25)13-6-8-15(9-7-13)23(26)27/h3-10,12H,11H2,1-2H3,(H,21,25)(H2,20,22,24,29). The highest BCUT2D eigenvalue weighted by molar-refractivity contribution is 7.80. The molecule has 2 amide bonds. The number of carbonyl (C=O) groups is 2. The van der Waals surface area contributed by atoms with Gasteiger partial charge in [-0.2, -0.15) is 0 Å². The Balaban J connectivity index is 1.87. The van der Waals surface area contributed by atoms with Crippen molar-refractivity contribution in [1.82, 2.24) is 16.2 Å². The molecule has 10 heteroatoms. The fourth-order valence-electron chi connectivity index (χ4n) is 2.12. The van der Waals surface area contributed by atoms with Gasteiger partial charge in [-0.15, -0.1) is 0 Å². The third-order valence-electron chi connectivity index (χ3n) is 3.54. The Bertz CT molecular complexity index is 915. The minimum atomic E-state index is -0.569. The number of nitro benzene ring substituents is 1. The first-order chi connectivity index (χ1) is 13.8. The van der Waals surface area contributed by atoms with Gasteiger partial charge in [0.25, 0.3) is 17.5 Å². The average Bonchev–Trinajstić information content (AvgIpc) is 2.70. The van der Waals surface area contributed by atoms with E-state index < -0.39 is 16.7 Å². The highest BCUT2D eigenvalue weighted by Crippen LogP contribution is 2.14. The van der Waals surface area contributed by atoms with Gasteiger partial charge in [0.2, 0.25) is 0 Å². The Morgan fingerprint density at radius 1 is 1.07 bits per heavy atom. The van der Waals surface area contributed by atoms with Crippen LogP contribution in [0.4, 0.5) is 5.69 Å². The number of thiocarbonyl (C=S) groups is 1. The largest absolute Gasteiger partial charge is 0.493 e. The van der Waals surface area contributed by atoms with Crippen LogP contribution >= 0.6 is 12.2 Å². The smallest absolute Gasteiger partial charge is 0.269 e. The number of carbonyl (C=O) groups excluding carboxylic acids is 2. The molecule has 0 aliphatic carbocycles. The van der Waals surface area contributed by atoms with Crippen LogP contribution in [0.2, 0.25) is 0 Å². The number of benzene rings is 2. The van der Waals surface area contributed by atoms with Gasteiger partial charge >= 0.3 is 0 Å². The average molecular weight is 416 g/mol. The van der Waals surface area contributed by atoms with Crippen LogP contribution in [0.25, 0.3) is 0 Å². The van der Waals surface area contributed by atoms with Gasteiger partial charge in [-0.25, -0.2) is 0 Å². The van der Waals surface area contributed by atoms with Crippen molar-refractivity contribution in [2.75, 3.05) is 6.61 Å². The van der Waals surface area contributed by atoms with E-state index in [1.807, 2.05) is 13.8 Å². The molecular formula is C19H20N4O5S. The predicted molar refractivity (Wildman–Crippen MR) is 111 cm³/mol. The molecule has 0 heterocycles. The summed E-state index contributed by atoms with van der Waals surface area (Å²) in [6.07, 6.45) is 0. The lowest BCUT2D eigenvalue weighted by Gasteiger charge is -2.12. The molecular weight excluding hydrogens is 396 g/mol. The van der Waals surface area contributed by atoms with E-state index in [1.165, 1.54) is 24.3 Å². The molecule has 29 heavy (non-hydrogen) atoms. The summed E-state index contributed by atoms with van der Waals surface area (Å²) in [4.78, 5) is 34.4. The number of hydrogen-bond donors (Lipinski definition) is 3. The molecule has 0 aromatic heterocycles. The molecule has 0 saturated heterocycles. The maximum Gasteiger partial charge on any atom is 0.269 e. The van der Waals surface area contributed by atoms with Gasteiger partial charge in [0.1, 0.15) is 5.75 Å². The summed E-state index contributed by atoms with van der Waals surface area (Å²) < 4.78 is 5.59. The highest BCUT2D eigenvalue weighted by Gasteiger charge is 2.12. The summed E-state index contributed by atoms with van der Waals surface area (Å²) in [6.45, 7) is 4.57. The zero-order valence-corrected chi connectivity index (χ0v) is 16.6. The fraction of sp³-hybridized carbons (Fsp3) is 0.211. The Hall–Kier alpha value is -3.53. The van der Waals surface area contributed by atoms with Crippen molar-refractivity contribution < 1.29 is 19.2 Å². The van der Waals surface area contributed by atoms with E-state index in [1.54, 1.807) is 24.3 Å². The molecule has 2 rings (SSSR count). The van der Waals surface area contributed by atoms with E-state index in [0.29, 0.717) is 23.8 Å². The third-order valence-corrected chi connectivity index (χ3v) is 3.74. The van der Waals surface area contributed by atoms with Crippen molar-refractivity contribution in [3.63, 3.8) is 0 Å². The highest BCUT2D eigenvalue weighted by atomic mass is 32.1. The topological polar surface area (TPSA) is 123 Å². The number of amides is 2. The number of nitrogens with one attached hydrogen (secondary N) is 3. The molecule has 9 nitrogen and oxygen atoms in total. The molecule has 2 aromatic carbocycles. The maximum absolute atomic E-state index is 12.3. The van der Waals surface area contributed by atoms with E-state index >= 15 is 0 Å². The van der Waals surface area contributed by atoms with Gasteiger partial charge in [0, 0.05) is 23.3 Å². The molecule has 2 aromatic rings. The Labute approximate surface area is 172 Å². The van der Waals surface area contributed by atoms with Crippen LogP contribution in [-0.4, -0.2) is 28.5 Å². The first-order valence-electron chi connectivity index (χ1n) is 8.65. The first-order valence-corrected chi connectivity index (χ1v) is 9.06. The van der Waals surface area contributed by atoms with Crippen LogP contribution in [0, 0.1) is 16.0 Å². The summed E-state index contributed by atoms with van der Waals surface area (Å²) >= 11 is 4.99. The summed E-state index contributed by atoms with van der Waals surface area (Å²) in [5.41, 5.74) is 5.12. The van der Waals surface area contributed by atoms with Crippen LogP contribution in [0.3, 0.4) is 0 Å². The lowest BCUT2D eigenvalue weighted by molar-refractivity contribution is -0.384. The number of nitrogens with zero attached hydrogens (tertiary/aromatic N) is 1. The van der Waals surface area contributed by atoms with Gasteiger partial charge < -0.3 is 4.74 Å². The number of hydrazine groups is 1. The molecule has 0 radical (unpaired) electrons. The second-order valence-corrected chi connectivity index (χ2v) is 6.81. The van der Waals surface area contributed by atoms with Crippen molar-refractivity contribution in [3.8, 4) is 5.75 Å². The molecule has 0 unspecified atom stereocenters. The third kappa shape index (κ3) is 6.85. The molecule has 0 fully saturated rings. The van der Waals surface area contributed by atoms with Crippen LogP contribution in [0.15, 0.2) is 48.5 Å². The second-order valence-electron chi connectivity index (χ2n) is 6.40. The minimum absolute atomic E-state index is 0.112. The Morgan fingerprint density at radius 2 is 1.76 bits per heavy atom. The molecule has 3 N–H and O–H groups in total. The molecule has 0 bridgehead atoms. The van der Waals surface area contributed by atoms with Crippen molar-refractivity contribution in [2.45, 2.75) is 13.8 Å². The van der Waals surface area contributed by atoms with Crippen molar-refractivity contribution in [3.05, 3.63) is 69.8 Å². The molecule has 0 aliphatic rings. The molecule has 0 spiro atoms. The monoisotopic (exact) mass is 416 g/mol. The van der Waals surface area contributed by atoms with Crippen LogP contribution in [0.5, 0.6) is 5.75 Å². The number of non-ortho nitro benzene ring substituents is 1. The van der Waals surface area contributed by atoms with E-state index in [-0.39, 0.29) is 16.4 Å². The van der Waals surface area contributed by atoms with Crippen LogP contribution < -0.4 is 20.9 Å². The lowest BCUT2D eigenvalue weighted by Crippen LogP contribution is -2.48. The molecule has 0 aliphatic heterocycles. The predicted octanol–water partition coefficient (Wildman–Crippen LogP) is 2.58. The summed E-state index contributed by atoms with van der Waals surface area (Å²) in [6, 6.07) is 11.7. The van der Waals surface area contributed by atoms with Gasteiger partial charge in [0.05, 0.1) is 11.5 Å². The van der Waals surface area contributed by atoms with Gasteiger partial charge in [0.15, 0.2) is 5.11 Å². The van der Waals surface area contributed by atoms with Crippen molar-refractivity contribution in [1.29, 1.82) is 0 Å². The van der Waals surface area contributed by atoms with Crippen molar-refractivity contribution >= 4 is 34.8 Å². The van der Waals surface area contributed by atoms with Gasteiger partial charge in [-0.1, -0.05) is 19.9 Å². The first kappa shape index (κ1) is 21.8. The Kier molecular flexibility index (Phi) is 7.61.